The van der Waals surface area contributed by atoms with Crippen molar-refractivity contribution in [1.82, 2.24) is 5.32 Å². The van der Waals surface area contributed by atoms with Gasteiger partial charge < -0.3 is 5.32 Å². The molecule has 90 valence electrons. The normalized spacial score (nSPS) is 11.5. The molecule has 0 fully saturated rings. The fourth-order valence-electron chi connectivity index (χ4n) is 1.19. The van der Waals surface area contributed by atoms with Gasteiger partial charge in [0.25, 0.3) is 5.91 Å². The van der Waals surface area contributed by atoms with Crippen molar-refractivity contribution < 1.29 is 4.79 Å². The predicted octanol–water partition coefficient (Wildman–Crippen LogP) is 4.05. The largest absolute Gasteiger partial charge is 0.351 e. The van der Waals surface area contributed by atoms with Gasteiger partial charge in [-0.25, -0.2) is 0 Å². The van der Waals surface area contributed by atoms with Crippen molar-refractivity contribution in [3.63, 3.8) is 0 Å². The van der Waals surface area contributed by atoms with Gasteiger partial charge in [-0.15, -0.1) is 11.3 Å². The summed E-state index contributed by atoms with van der Waals surface area (Å²) in [4.78, 5) is 11.8. The standard InChI is InChI=1S/C11H15Br2NOS/c1-11(2,3-4-12)7-14-10(15)8-5-9(13)16-6-8/h5-6H,3-4,7H2,1-2H3,(H,14,15). The van der Waals surface area contributed by atoms with E-state index in [9.17, 15) is 4.79 Å². The highest BCUT2D eigenvalue weighted by Gasteiger charge is 2.18. The van der Waals surface area contributed by atoms with Crippen LogP contribution < -0.4 is 5.32 Å². The molecule has 0 aliphatic heterocycles. The van der Waals surface area contributed by atoms with Gasteiger partial charge in [0, 0.05) is 17.3 Å². The Morgan fingerprint density at radius 2 is 2.25 bits per heavy atom. The van der Waals surface area contributed by atoms with Crippen LogP contribution in [0.3, 0.4) is 0 Å². The van der Waals surface area contributed by atoms with Crippen molar-refractivity contribution in [2.75, 3.05) is 11.9 Å². The van der Waals surface area contributed by atoms with Crippen LogP contribution in [0.1, 0.15) is 30.6 Å². The molecule has 0 aromatic carbocycles. The maximum atomic E-state index is 11.8. The first kappa shape index (κ1) is 14.2. The summed E-state index contributed by atoms with van der Waals surface area (Å²) in [5, 5.41) is 5.78. The number of halogens is 2. The Labute approximate surface area is 117 Å². The highest BCUT2D eigenvalue weighted by atomic mass is 79.9. The zero-order valence-electron chi connectivity index (χ0n) is 9.35. The van der Waals surface area contributed by atoms with Crippen molar-refractivity contribution in [2.45, 2.75) is 20.3 Å². The lowest BCUT2D eigenvalue weighted by Crippen LogP contribution is -2.34. The lowest BCUT2D eigenvalue weighted by molar-refractivity contribution is 0.0936. The van der Waals surface area contributed by atoms with Crippen LogP contribution in [0.4, 0.5) is 0 Å². The molecule has 1 rings (SSSR count). The second kappa shape index (κ2) is 6.17. The van der Waals surface area contributed by atoms with Gasteiger partial charge in [0.1, 0.15) is 0 Å². The van der Waals surface area contributed by atoms with E-state index in [0.717, 1.165) is 21.1 Å². The maximum absolute atomic E-state index is 11.8. The first-order chi connectivity index (χ1) is 7.44. The van der Waals surface area contributed by atoms with Crippen molar-refractivity contribution in [3.05, 3.63) is 20.8 Å². The molecule has 0 atom stereocenters. The molecule has 1 heterocycles. The van der Waals surface area contributed by atoms with Crippen LogP contribution in [-0.4, -0.2) is 17.8 Å². The first-order valence-corrected chi connectivity index (χ1v) is 7.82. The Morgan fingerprint density at radius 1 is 1.56 bits per heavy atom. The van der Waals surface area contributed by atoms with Crippen molar-refractivity contribution in [3.8, 4) is 0 Å². The number of hydrogen-bond donors (Lipinski definition) is 1. The number of rotatable bonds is 5. The summed E-state index contributed by atoms with van der Waals surface area (Å²) in [5.41, 5.74) is 0.860. The molecule has 0 bridgehead atoms. The Kier molecular flexibility index (Phi) is 5.47. The summed E-state index contributed by atoms with van der Waals surface area (Å²) in [5.74, 6) is 0.00426. The van der Waals surface area contributed by atoms with Crippen LogP contribution in [0.5, 0.6) is 0 Å². The van der Waals surface area contributed by atoms with E-state index in [1.54, 1.807) is 0 Å². The molecule has 5 heteroatoms. The van der Waals surface area contributed by atoms with Crippen LogP contribution in [0.2, 0.25) is 0 Å². The second-order valence-corrected chi connectivity index (χ2v) is 7.51. The molecule has 1 N–H and O–H groups in total. The molecule has 0 saturated carbocycles. The molecule has 2 nitrogen and oxygen atoms in total. The smallest absolute Gasteiger partial charge is 0.252 e. The van der Waals surface area contributed by atoms with Crippen molar-refractivity contribution >= 4 is 49.1 Å². The SMILES string of the molecule is CC(C)(CCBr)CNC(=O)c1csc(Br)c1. The molecule has 1 aromatic heterocycles. The lowest BCUT2D eigenvalue weighted by Gasteiger charge is -2.23. The van der Waals surface area contributed by atoms with Crippen LogP contribution in [0, 0.1) is 5.41 Å². The summed E-state index contributed by atoms with van der Waals surface area (Å²) in [6.45, 7) is 5.00. The van der Waals surface area contributed by atoms with Gasteiger partial charge in [0.2, 0.25) is 0 Å². The van der Waals surface area contributed by atoms with Crippen LogP contribution in [0.15, 0.2) is 15.2 Å². The third kappa shape index (κ3) is 4.55. The van der Waals surface area contributed by atoms with E-state index in [2.05, 4.69) is 51.0 Å². The molecule has 0 spiro atoms. The summed E-state index contributed by atoms with van der Waals surface area (Å²) >= 11 is 8.30. The Bertz CT molecular complexity index is 363. The minimum atomic E-state index is 0.00426. The van der Waals surface area contributed by atoms with Crippen LogP contribution in [-0.2, 0) is 0 Å². The lowest BCUT2D eigenvalue weighted by atomic mass is 9.90. The van der Waals surface area contributed by atoms with Gasteiger partial charge in [-0.3, -0.25) is 4.79 Å². The molecule has 0 aliphatic carbocycles. The summed E-state index contributed by atoms with van der Waals surface area (Å²) in [7, 11) is 0. The highest BCUT2D eigenvalue weighted by Crippen LogP contribution is 2.22. The minimum absolute atomic E-state index is 0.00426. The minimum Gasteiger partial charge on any atom is -0.351 e. The predicted molar refractivity (Wildman–Crippen MR) is 76.5 cm³/mol. The molecule has 1 amide bonds. The molecule has 1 aromatic rings. The van der Waals surface area contributed by atoms with Gasteiger partial charge in [-0.1, -0.05) is 29.8 Å². The third-order valence-electron chi connectivity index (χ3n) is 2.33. The highest BCUT2D eigenvalue weighted by molar-refractivity contribution is 9.11. The number of thiophene rings is 1. The number of carbonyl (C=O) groups excluding carboxylic acids is 1. The van der Waals surface area contributed by atoms with Crippen molar-refractivity contribution in [2.24, 2.45) is 5.41 Å². The zero-order chi connectivity index (χ0) is 12.2. The fraction of sp³-hybridized carbons (Fsp3) is 0.545. The average molecular weight is 369 g/mol. The topological polar surface area (TPSA) is 29.1 Å². The van der Waals surface area contributed by atoms with E-state index in [4.69, 9.17) is 0 Å². The van der Waals surface area contributed by atoms with E-state index in [1.165, 1.54) is 11.3 Å². The van der Waals surface area contributed by atoms with E-state index in [0.29, 0.717) is 6.54 Å². The summed E-state index contributed by atoms with van der Waals surface area (Å²) < 4.78 is 0.984. The Hall–Kier alpha value is 0.130. The number of hydrogen-bond acceptors (Lipinski definition) is 2. The molecule has 0 saturated heterocycles. The molecule has 0 aliphatic rings. The molecule has 0 radical (unpaired) electrons. The number of carbonyl (C=O) groups is 1. The molecular weight excluding hydrogens is 354 g/mol. The quantitative estimate of drug-likeness (QED) is 0.780. The number of alkyl halides is 1. The average Bonchev–Trinajstić information content (AvgIpc) is 2.61. The van der Waals surface area contributed by atoms with Gasteiger partial charge >= 0.3 is 0 Å². The van der Waals surface area contributed by atoms with E-state index >= 15 is 0 Å². The summed E-state index contributed by atoms with van der Waals surface area (Å²) in [6, 6.07) is 1.84. The second-order valence-electron chi connectivity index (χ2n) is 4.43. The molecule has 0 unspecified atom stereocenters. The third-order valence-corrected chi connectivity index (χ3v) is 4.23. The first-order valence-electron chi connectivity index (χ1n) is 5.03. The maximum Gasteiger partial charge on any atom is 0.252 e. The number of nitrogens with one attached hydrogen (secondary N) is 1. The van der Waals surface area contributed by atoms with Crippen LogP contribution in [0.25, 0.3) is 0 Å². The Morgan fingerprint density at radius 3 is 2.75 bits per heavy atom. The fourth-order valence-corrected chi connectivity index (χ4v) is 3.40. The molecule has 16 heavy (non-hydrogen) atoms. The van der Waals surface area contributed by atoms with Gasteiger partial charge in [0.15, 0.2) is 0 Å². The van der Waals surface area contributed by atoms with Crippen molar-refractivity contribution in [1.29, 1.82) is 0 Å². The molecular formula is C11H15Br2NOS. The van der Waals surface area contributed by atoms with Gasteiger partial charge in [-0.05, 0) is 33.8 Å². The van der Waals surface area contributed by atoms with E-state index in [-0.39, 0.29) is 11.3 Å². The van der Waals surface area contributed by atoms with Gasteiger partial charge in [-0.2, -0.15) is 0 Å². The van der Waals surface area contributed by atoms with Gasteiger partial charge in [0.05, 0.1) is 9.35 Å². The van der Waals surface area contributed by atoms with E-state index in [1.807, 2.05) is 11.4 Å². The van der Waals surface area contributed by atoms with E-state index < -0.39 is 0 Å². The van der Waals surface area contributed by atoms with Crippen LogP contribution >= 0.6 is 43.2 Å². The monoisotopic (exact) mass is 367 g/mol. The number of amides is 1. The Balaban J connectivity index is 2.47. The summed E-state index contributed by atoms with van der Waals surface area (Å²) in [6.07, 6.45) is 1.04. The zero-order valence-corrected chi connectivity index (χ0v) is 13.3.